The summed E-state index contributed by atoms with van der Waals surface area (Å²) in [4.78, 5) is 16.9. The van der Waals surface area contributed by atoms with Gasteiger partial charge in [0, 0.05) is 24.4 Å². The lowest BCUT2D eigenvalue weighted by molar-refractivity contribution is 0.0948. The maximum atomic E-state index is 12.6. The van der Waals surface area contributed by atoms with Gasteiger partial charge in [-0.1, -0.05) is 0 Å². The smallest absolute Gasteiger partial charge is 0.251 e. The maximum absolute atomic E-state index is 12.6. The Morgan fingerprint density at radius 2 is 2.04 bits per heavy atom. The molecule has 0 radical (unpaired) electrons. The van der Waals surface area contributed by atoms with E-state index in [2.05, 4.69) is 10.3 Å². The molecule has 0 unspecified atom stereocenters. The molecule has 0 bridgehead atoms. The highest BCUT2D eigenvalue weighted by atomic mass is 16.6. The van der Waals surface area contributed by atoms with Crippen molar-refractivity contribution in [2.75, 3.05) is 20.3 Å². The Hall–Kier alpha value is -2.96. The zero-order chi connectivity index (χ0) is 19.3. The van der Waals surface area contributed by atoms with Gasteiger partial charge in [-0.3, -0.25) is 4.79 Å². The van der Waals surface area contributed by atoms with Crippen LogP contribution in [0.5, 0.6) is 23.1 Å². The van der Waals surface area contributed by atoms with E-state index in [0.717, 1.165) is 18.4 Å². The number of amides is 1. The molecule has 28 heavy (non-hydrogen) atoms. The van der Waals surface area contributed by atoms with Gasteiger partial charge in [-0.2, -0.15) is 0 Å². The Morgan fingerprint density at radius 1 is 1.21 bits per heavy atom. The van der Waals surface area contributed by atoms with E-state index in [0.29, 0.717) is 48.5 Å². The first-order chi connectivity index (χ1) is 13.7. The van der Waals surface area contributed by atoms with Gasteiger partial charge in [0.1, 0.15) is 19.3 Å². The molecule has 1 aromatic carbocycles. The Morgan fingerprint density at radius 3 is 2.86 bits per heavy atom. The van der Waals surface area contributed by atoms with Gasteiger partial charge < -0.3 is 24.3 Å². The Kier molecular flexibility index (Phi) is 5.50. The summed E-state index contributed by atoms with van der Waals surface area (Å²) in [5.41, 5.74) is 1.39. The number of carbonyl (C=O) groups excluding carboxylic acids is 1. The van der Waals surface area contributed by atoms with E-state index in [4.69, 9.17) is 18.9 Å². The predicted octanol–water partition coefficient (Wildman–Crippen LogP) is 3.11. The van der Waals surface area contributed by atoms with E-state index >= 15 is 0 Å². The van der Waals surface area contributed by atoms with Gasteiger partial charge in [0.25, 0.3) is 5.91 Å². The molecule has 2 aliphatic rings. The predicted molar refractivity (Wildman–Crippen MR) is 102 cm³/mol. The highest BCUT2D eigenvalue weighted by molar-refractivity contribution is 5.95. The molecule has 1 aromatic heterocycles. The van der Waals surface area contributed by atoms with Gasteiger partial charge in [-0.05, 0) is 49.4 Å². The van der Waals surface area contributed by atoms with E-state index in [1.165, 1.54) is 20.0 Å². The molecule has 1 aliphatic heterocycles. The second-order valence-corrected chi connectivity index (χ2v) is 6.91. The van der Waals surface area contributed by atoms with Gasteiger partial charge in [-0.15, -0.1) is 0 Å². The van der Waals surface area contributed by atoms with Crippen LogP contribution in [0, 0.1) is 0 Å². The van der Waals surface area contributed by atoms with E-state index in [1.54, 1.807) is 18.3 Å². The molecular weight excluding hydrogens is 360 g/mol. The fourth-order valence-electron chi connectivity index (χ4n) is 3.49. The number of nitrogens with zero attached hydrogens (tertiary/aromatic N) is 1. The molecule has 1 amide bonds. The summed E-state index contributed by atoms with van der Waals surface area (Å²) in [5.74, 6) is 1.93. The van der Waals surface area contributed by atoms with Gasteiger partial charge in [-0.25, -0.2) is 4.98 Å². The number of methoxy groups -OCH3 is 1. The summed E-state index contributed by atoms with van der Waals surface area (Å²) < 4.78 is 22.4. The van der Waals surface area contributed by atoms with Crippen molar-refractivity contribution < 1.29 is 23.7 Å². The minimum absolute atomic E-state index is 0.217. The van der Waals surface area contributed by atoms with Gasteiger partial charge in [0.15, 0.2) is 11.5 Å². The summed E-state index contributed by atoms with van der Waals surface area (Å²) >= 11 is 0. The van der Waals surface area contributed by atoms with Crippen molar-refractivity contribution in [3.63, 3.8) is 0 Å². The lowest BCUT2D eigenvalue weighted by atomic mass is 10.1. The molecule has 1 aliphatic carbocycles. The number of ether oxygens (including phenoxy) is 4. The summed E-state index contributed by atoms with van der Waals surface area (Å²) in [5, 5.41) is 2.92. The fourth-order valence-corrected chi connectivity index (χ4v) is 3.49. The third-order valence-corrected chi connectivity index (χ3v) is 4.93. The highest BCUT2D eigenvalue weighted by Gasteiger charge is 2.21. The van der Waals surface area contributed by atoms with Gasteiger partial charge >= 0.3 is 0 Å². The lowest BCUT2D eigenvalue weighted by Crippen LogP contribution is -2.24. The third kappa shape index (κ3) is 4.13. The van der Waals surface area contributed by atoms with E-state index < -0.39 is 0 Å². The molecule has 7 nitrogen and oxygen atoms in total. The van der Waals surface area contributed by atoms with Crippen LogP contribution >= 0.6 is 0 Å². The number of fused-ring (bicyclic) bond motifs is 1. The standard InChI is InChI=1S/C21H24N2O5/c1-25-17-11-15(12-18-20(17)27-9-8-26-18)21(24)23-13-14-6-7-22-19(10-14)28-16-4-2-3-5-16/h6-7,10-12,16H,2-5,8-9,13H2,1H3,(H,23,24). The van der Waals surface area contributed by atoms with Gasteiger partial charge in [0.05, 0.1) is 7.11 Å². The summed E-state index contributed by atoms with van der Waals surface area (Å²) in [7, 11) is 1.54. The first-order valence-electron chi connectivity index (χ1n) is 9.60. The molecule has 1 fully saturated rings. The topological polar surface area (TPSA) is 78.9 Å². The van der Waals surface area contributed by atoms with E-state index in [1.807, 2.05) is 12.1 Å². The number of carbonyl (C=O) groups is 1. The number of hydrogen-bond donors (Lipinski definition) is 1. The number of nitrogens with one attached hydrogen (secondary N) is 1. The van der Waals surface area contributed by atoms with Crippen molar-refractivity contribution in [1.82, 2.24) is 10.3 Å². The molecule has 1 saturated carbocycles. The third-order valence-electron chi connectivity index (χ3n) is 4.93. The van der Waals surface area contributed by atoms with Crippen LogP contribution < -0.4 is 24.3 Å². The molecule has 1 N–H and O–H groups in total. The minimum atomic E-state index is -0.217. The quantitative estimate of drug-likeness (QED) is 0.824. The normalized spacial score (nSPS) is 15.9. The average Bonchev–Trinajstić information content (AvgIpc) is 3.24. The SMILES string of the molecule is COc1cc(C(=O)NCc2ccnc(OC3CCCC3)c2)cc2c1OCCO2. The number of aromatic nitrogens is 1. The molecule has 7 heteroatoms. The van der Waals surface area contributed by atoms with Crippen LogP contribution in [-0.2, 0) is 6.54 Å². The van der Waals surface area contributed by atoms with Gasteiger partial charge in [0.2, 0.25) is 11.6 Å². The van der Waals surface area contributed by atoms with Crippen LogP contribution in [0.15, 0.2) is 30.5 Å². The number of benzene rings is 1. The number of rotatable bonds is 6. The molecule has 2 aromatic rings. The first kappa shape index (κ1) is 18.4. The van der Waals surface area contributed by atoms with Crippen molar-refractivity contribution in [3.05, 3.63) is 41.6 Å². The Balaban J connectivity index is 1.41. The van der Waals surface area contributed by atoms with Crippen molar-refractivity contribution >= 4 is 5.91 Å². The Bertz CT molecular complexity index is 831. The highest BCUT2D eigenvalue weighted by Crippen LogP contribution is 2.40. The lowest BCUT2D eigenvalue weighted by Gasteiger charge is -2.21. The first-order valence-corrected chi connectivity index (χ1v) is 9.60. The van der Waals surface area contributed by atoms with Crippen molar-refractivity contribution in [2.24, 2.45) is 0 Å². The van der Waals surface area contributed by atoms with Crippen LogP contribution in [0.25, 0.3) is 0 Å². The molecule has 148 valence electrons. The number of pyridine rings is 1. The van der Waals surface area contributed by atoms with Crippen LogP contribution in [0.1, 0.15) is 41.6 Å². The second-order valence-electron chi connectivity index (χ2n) is 6.91. The monoisotopic (exact) mass is 384 g/mol. The zero-order valence-corrected chi connectivity index (χ0v) is 15.9. The fraction of sp³-hybridized carbons (Fsp3) is 0.429. The number of hydrogen-bond acceptors (Lipinski definition) is 6. The summed E-state index contributed by atoms with van der Waals surface area (Å²) in [6.07, 6.45) is 6.53. The van der Waals surface area contributed by atoms with Crippen molar-refractivity contribution in [3.8, 4) is 23.1 Å². The largest absolute Gasteiger partial charge is 0.493 e. The van der Waals surface area contributed by atoms with Crippen LogP contribution in [-0.4, -0.2) is 37.3 Å². The maximum Gasteiger partial charge on any atom is 0.251 e. The molecule has 0 atom stereocenters. The Labute approximate surface area is 164 Å². The minimum Gasteiger partial charge on any atom is -0.493 e. The van der Waals surface area contributed by atoms with Crippen LogP contribution in [0.3, 0.4) is 0 Å². The summed E-state index contributed by atoms with van der Waals surface area (Å²) in [6, 6.07) is 7.08. The molecule has 0 spiro atoms. The molecule has 2 heterocycles. The van der Waals surface area contributed by atoms with E-state index in [9.17, 15) is 4.79 Å². The zero-order valence-electron chi connectivity index (χ0n) is 15.9. The molecular formula is C21H24N2O5. The summed E-state index contributed by atoms with van der Waals surface area (Å²) in [6.45, 7) is 1.28. The second kappa shape index (κ2) is 8.37. The van der Waals surface area contributed by atoms with Crippen LogP contribution in [0.2, 0.25) is 0 Å². The molecule has 0 saturated heterocycles. The average molecular weight is 384 g/mol. The van der Waals surface area contributed by atoms with E-state index in [-0.39, 0.29) is 12.0 Å². The molecule has 4 rings (SSSR count). The van der Waals surface area contributed by atoms with Crippen LogP contribution in [0.4, 0.5) is 0 Å². The van der Waals surface area contributed by atoms with Crippen molar-refractivity contribution in [2.45, 2.75) is 38.3 Å². The van der Waals surface area contributed by atoms with Crippen molar-refractivity contribution in [1.29, 1.82) is 0 Å².